The van der Waals surface area contributed by atoms with Gasteiger partial charge >= 0.3 is 13.9 Å². The topological polar surface area (TPSA) is 146 Å². The quantitative estimate of drug-likeness (QED) is 0.581. The van der Waals surface area contributed by atoms with Crippen LogP contribution < -0.4 is 11.4 Å². The van der Waals surface area contributed by atoms with Crippen LogP contribution in [0.3, 0.4) is 0 Å². The van der Waals surface area contributed by atoms with Crippen LogP contribution in [-0.2, 0) is 18.6 Å². The zero-order valence-corrected chi connectivity index (χ0v) is 13.5. The Morgan fingerprint density at radius 2 is 2.26 bits per heavy atom. The number of ether oxygens (including phenoxy) is 2. The van der Waals surface area contributed by atoms with E-state index in [0.717, 1.165) is 4.57 Å². The van der Waals surface area contributed by atoms with Crippen molar-refractivity contribution in [3.63, 3.8) is 0 Å². The molecule has 0 spiro atoms. The van der Waals surface area contributed by atoms with Gasteiger partial charge in [0.1, 0.15) is 18.0 Å². The highest BCUT2D eigenvalue weighted by Gasteiger charge is 2.50. The molecule has 128 valence electrons. The molecule has 4 N–H and O–H groups in total. The van der Waals surface area contributed by atoms with Crippen molar-refractivity contribution < 1.29 is 28.6 Å². The lowest BCUT2D eigenvalue weighted by Crippen LogP contribution is -2.37. The third-order valence-corrected chi connectivity index (χ3v) is 3.66. The van der Waals surface area contributed by atoms with Crippen molar-refractivity contribution in [3.8, 4) is 0 Å². The number of aromatic nitrogens is 2. The standard InChI is InChI=1S/C12H18N3O7P/c1-6(2)20-5-7-10(22-23(18)19)9(16)11(21-7)15-4-3-8(13)14-12(15)17/h3-4,6-7,9-11,16H,5H2,1-2H3,(H2-,13,14,17,18,19)/p+1/t7-,9-,10-,11-/m1/s1. The lowest BCUT2D eigenvalue weighted by molar-refractivity contribution is -0.0763. The first kappa shape index (κ1) is 17.9. The number of anilines is 1. The molecule has 23 heavy (non-hydrogen) atoms. The molecule has 1 aliphatic rings. The molecular formula is C12H19N3O7P+. The first-order chi connectivity index (χ1) is 10.8. The van der Waals surface area contributed by atoms with Crippen molar-refractivity contribution in [2.75, 3.05) is 12.3 Å². The second kappa shape index (κ2) is 7.43. The van der Waals surface area contributed by atoms with E-state index in [1.54, 1.807) is 13.8 Å². The molecule has 0 bridgehead atoms. The van der Waals surface area contributed by atoms with Crippen molar-refractivity contribution in [2.45, 2.75) is 44.5 Å². The minimum Gasteiger partial charge on any atom is -0.385 e. The monoisotopic (exact) mass is 348 g/mol. The van der Waals surface area contributed by atoms with Crippen LogP contribution in [0.4, 0.5) is 5.82 Å². The minimum atomic E-state index is -2.96. The Hall–Kier alpha value is -1.42. The van der Waals surface area contributed by atoms with E-state index in [9.17, 15) is 14.5 Å². The number of nitrogens with two attached hydrogens (primary N) is 1. The van der Waals surface area contributed by atoms with Crippen LogP contribution in [-0.4, -0.2) is 50.6 Å². The van der Waals surface area contributed by atoms with E-state index >= 15 is 0 Å². The first-order valence-corrected chi connectivity index (χ1v) is 8.05. The van der Waals surface area contributed by atoms with Crippen LogP contribution in [0, 0.1) is 0 Å². The van der Waals surface area contributed by atoms with Gasteiger partial charge in [-0.1, -0.05) is 0 Å². The van der Waals surface area contributed by atoms with Gasteiger partial charge in [0.15, 0.2) is 12.3 Å². The van der Waals surface area contributed by atoms with Gasteiger partial charge in [-0.15, -0.1) is 9.42 Å². The smallest absolute Gasteiger partial charge is 0.385 e. The fraction of sp³-hybridized carbons (Fsp3) is 0.667. The number of nitrogens with zero attached hydrogens (tertiary/aromatic N) is 2. The highest BCUT2D eigenvalue weighted by molar-refractivity contribution is 7.32. The van der Waals surface area contributed by atoms with E-state index in [1.165, 1.54) is 12.3 Å². The van der Waals surface area contributed by atoms with E-state index in [4.69, 9.17) is 24.6 Å². The van der Waals surface area contributed by atoms with E-state index in [-0.39, 0.29) is 18.5 Å². The summed E-state index contributed by atoms with van der Waals surface area (Å²) in [5.41, 5.74) is 4.70. The summed E-state index contributed by atoms with van der Waals surface area (Å²) in [6.07, 6.45) is -3.23. The van der Waals surface area contributed by atoms with Gasteiger partial charge in [0, 0.05) is 10.8 Å². The average molecular weight is 348 g/mol. The van der Waals surface area contributed by atoms with Gasteiger partial charge in [-0.2, -0.15) is 4.98 Å². The molecule has 1 saturated heterocycles. The molecule has 2 rings (SSSR count). The molecule has 2 heterocycles. The van der Waals surface area contributed by atoms with E-state index < -0.39 is 38.5 Å². The lowest BCUT2D eigenvalue weighted by Gasteiger charge is -2.17. The van der Waals surface area contributed by atoms with Crippen molar-refractivity contribution >= 4 is 14.1 Å². The summed E-state index contributed by atoms with van der Waals surface area (Å²) in [6.45, 7) is 3.63. The third kappa shape index (κ3) is 4.31. The molecule has 1 aromatic rings. The van der Waals surface area contributed by atoms with Gasteiger partial charge in [0.05, 0.1) is 12.7 Å². The highest BCUT2D eigenvalue weighted by Crippen LogP contribution is 2.35. The Balaban J connectivity index is 2.24. The Morgan fingerprint density at radius 3 is 2.83 bits per heavy atom. The summed E-state index contributed by atoms with van der Waals surface area (Å²) in [4.78, 5) is 24.4. The van der Waals surface area contributed by atoms with Crippen molar-refractivity contribution in [1.82, 2.24) is 9.55 Å². The molecule has 0 radical (unpaired) electrons. The summed E-state index contributed by atoms with van der Waals surface area (Å²) in [7, 11) is -2.96. The minimum absolute atomic E-state index is 0.0240. The average Bonchev–Trinajstić information content (AvgIpc) is 2.73. The molecule has 10 nitrogen and oxygen atoms in total. The van der Waals surface area contributed by atoms with Gasteiger partial charge in [0.2, 0.25) is 0 Å². The van der Waals surface area contributed by atoms with Crippen LogP contribution in [0.1, 0.15) is 20.1 Å². The molecular weight excluding hydrogens is 329 g/mol. The van der Waals surface area contributed by atoms with E-state index in [0.29, 0.717) is 0 Å². The van der Waals surface area contributed by atoms with Gasteiger partial charge < -0.3 is 20.3 Å². The van der Waals surface area contributed by atoms with Gasteiger partial charge in [-0.25, -0.2) is 4.79 Å². The van der Waals surface area contributed by atoms with Crippen molar-refractivity contribution in [3.05, 3.63) is 22.7 Å². The van der Waals surface area contributed by atoms with Gasteiger partial charge in [-0.05, 0) is 19.9 Å². The zero-order chi connectivity index (χ0) is 17.1. The first-order valence-electron chi connectivity index (χ1n) is 6.92. The summed E-state index contributed by atoms with van der Waals surface area (Å²) in [6, 6.07) is 1.37. The normalized spacial score (nSPS) is 28.3. The molecule has 1 unspecified atom stereocenters. The second-order valence-electron chi connectivity index (χ2n) is 5.29. The lowest BCUT2D eigenvalue weighted by atomic mass is 10.1. The number of aliphatic hydroxyl groups excluding tert-OH is 1. The second-order valence-corrected chi connectivity index (χ2v) is 5.97. The Bertz CT molecular complexity index is 623. The number of hydrogen-bond donors (Lipinski definition) is 3. The number of nitrogen functional groups attached to an aromatic ring is 1. The summed E-state index contributed by atoms with van der Waals surface area (Å²) in [5.74, 6) is 0.0321. The van der Waals surface area contributed by atoms with Gasteiger partial charge in [-0.3, -0.25) is 4.57 Å². The number of aliphatic hydroxyl groups is 1. The zero-order valence-electron chi connectivity index (χ0n) is 12.6. The Morgan fingerprint density at radius 1 is 1.57 bits per heavy atom. The Kier molecular flexibility index (Phi) is 5.79. The number of hydrogen-bond acceptors (Lipinski definition) is 8. The molecule has 11 heteroatoms. The van der Waals surface area contributed by atoms with Crippen molar-refractivity contribution in [1.29, 1.82) is 0 Å². The fourth-order valence-electron chi connectivity index (χ4n) is 2.22. The summed E-state index contributed by atoms with van der Waals surface area (Å²) >= 11 is 0. The van der Waals surface area contributed by atoms with E-state index in [1.807, 2.05) is 0 Å². The molecule has 0 aliphatic carbocycles. The molecule has 0 amide bonds. The van der Waals surface area contributed by atoms with Crippen LogP contribution in [0.2, 0.25) is 0 Å². The maximum atomic E-state index is 11.9. The largest absolute Gasteiger partial charge is 0.695 e. The molecule has 1 fully saturated rings. The van der Waals surface area contributed by atoms with Crippen molar-refractivity contribution in [2.24, 2.45) is 0 Å². The Labute approximate surface area is 132 Å². The van der Waals surface area contributed by atoms with Gasteiger partial charge in [0.25, 0.3) is 0 Å². The fourth-order valence-corrected chi connectivity index (χ4v) is 2.69. The van der Waals surface area contributed by atoms with E-state index in [2.05, 4.69) is 4.98 Å². The molecule has 1 aliphatic heterocycles. The van der Waals surface area contributed by atoms with Crippen LogP contribution in [0.15, 0.2) is 17.1 Å². The molecule has 0 aromatic carbocycles. The third-order valence-electron chi connectivity index (χ3n) is 3.24. The molecule has 0 saturated carbocycles. The SMILES string of the molecule is CC(C)OC[C@H]1O[C@@H](n2ccc(N)nc2=O)[C@H](O)[C@@H]1O[P+](=O)O. The summed E-state index contributed by atoms with van der Waals surface area (Å²) < 4.78 is 27.8. The maximum absolute atomic E-state index is 11.9. The predicted octanol–water partition coefficient (Wildman–Crippen LogP) is -0.456. The summed E-state index contributed by atoms with van der Waals surface area (Å²) in [5, 5.41) is 10.3. The van der Waals surface area contributed by atoms with Crippen LogP contribution >= 0.6 is 8.25 Å². The predicted molar refractivity (Wildman–Crippen MR) is 78.6 cm³/mol. The van der Waals surface area contributed by atoms with Crippen LogP contribution in [0.5, 0.6) is 0 Å². The molecule has 5 atom stereocenters. The number of rotatable bonds is 6. The maximum Gasteiger partial charge on any atom is 0.695 e. The highest BCUT2D eigenvalue weighted by atomic mass is 31.1. The van der Waals surface area contributed by atoms with Crippen LogP contribution in [0.25, 0.3) is 0 Å². The molecule has 1 aromatic heterocycles.